The molecule has 2 N–H and O–H groups in total. The van der Waals surface area contributed by atoms with Crippen LogP contribution in [0.5, 0.6) is 0 Å². The molecule has 0 aliphatic carbocycles. The number of methoxy groups -OCH3 is 1. The zero-order valence-corrected chi connectivity index (χ0v) is 13.9. The molecule has 0 aliphatic rings. The Morgan fingerprint density at radius 2 is 1.68 bits per heavy atom. The highest BCUT2D eigenvalue weighted by molar-refractivity contribution is 5.65. The summed E-state index contributed by atoms with van der Waals surface area (Å²) in [4.78, 5) is 8.90. The van der Waals surface area contributed by atoms with Gasteiger partial charge >= 0.3 is 0 Å². The maximum Gasteiger partial charge on any atom is 0.224 e. The minimum Gasteiger partial charge on any atom is -0.383 e. The minimum atomic E-state index is 0.613. The van der Waals surface area contributed by atoms with Gasteiger partial charge in [-0.15, -0.1) is 0 Å². The molecule has 1 aromatic heterocycles. The van der Waals surface area contributed by atoms with Crippen LogP contribution in [0.2, 0.25) is 0 Å². The first-order valence-corrected chi connectivity index (χ1v) is 7.43. The molecule has 0 amide bonds. The fourth-order valence-corrected chi connectivity index (χ4v) is 2.48. The van der Waals surface area contributed by atoms with Crippen molar-refractivity contribution in [2.45, 2.75) is 27.7 Å². The van der Waals surface area contributed by atoms with E-state index in [4.69, 9.17) is 4.74 Å². The van der Waals surface area contributed by atoms with E-state index in [9.17, 15) is 0 Å². The number of ether oxygens (including phenoxy) is 1. The van der Waals surface area contributed by atoms with E-state index in [1.165, 1.54) is 16.7 Å². The highest BCUT2D eigenvalue weighted by atomic mass is 16.5. The molecule has 0 atom stereocenters. The van der Waals surface area contributed by atoms with E-state index < -0.39 is 0 Å². The Balaban J connectivity index is 2.22. The Hall–Kier alpha value is -2.14. The van der Waals surface area contributed by atoms with Crippen molar-refractivity contribution < 1.29 is 4.74 Å². The van der Waals surface area contributed by atoms with Gasteiger partial charge in [-0.25, -0.2) is 4.98 Å². The van der Waals surface area contributed by atoms with E-state index in [2.05, 4.69) is 53.5 Å². The van der Waals surface area contributed by atoms with Crippen molar-refractivity contribution >= 4 is 17.5 Å². The third-order valence-corrected chi connectivity index (χ3v) is 3.37. The molecule has 5 nitrogen and oxygen atoms in total. The number of rotatable bonds is 6. The zero-order valence-electron chi connectivity index (χ0n) is 13.9. The van der Waals surface area contributed by atoms with E-state index in [-0.39, 0.29) is 0 Å². The largest absolute Gasteiger partial charge is 0.383 e. The quantitative estimate of drug-likeness (QED) is 0.799. The Labute approximate surface area is 132 Å². The maximum absolute atomic E-state index is 5.03. The molecule has 0 bridgehead atoms. The number of nitrogens with one attached hydrogen (secondary N) is 2. The van der Waals surface area contributed by atoms with Crippen LogP contribution in [-0.2, 0) is 4.74 Å². The van der Waals surface area contributed by atoms with E-state index >= 15 is 0 Å². The molecule has 0 radical (unpaired) electrons. The number of anilines is 3. The van der Waals surface area contributed by atoms with Gasteiger partial charge in [-0.3, -0.25) is 0 Å². The second kappa shape index (κ2) is 7.22. The average Bonchev–Trinajstić information content (AvgIpc) is 2.42. The van der Waals surface area contributed by atoms with Crippen LogP contribution < -0.4 is 10.6 Å². The SMILES string of the molecule is COCCNc1nc(C)cc(Nc2c(C)cc(C)cc2C)n1. The lowest BCUT2D eigenvalue weighted by Gasteiger charge is -2.14. The van der Waals surface area contributed by atoms with Crippen LogP contribution in [0, 0.1) is 27.7 Å². The first-order valence-electron chi connectivity index (χ1n) is 7.43. The fraction of sp³-hybridized carbons (Fsp3) is 0.412. The van der Waals surface area contributed by atoms with Gasteiger partial charge in [0.25, 0.3) is 0 Å². The van der Waals surface area contributed by atoms with E-state index in [0.717, 1.165) is 17.2 Å². The molecular weight excluding hydrogens is 276 g/mol. The summed E-state index contributed by atoms with van der Waals surface area (Å²) >= 11 is 0. The van der Waals surface area contributed by atoms with Crippen LogP contribution >= 0.6 is 0 Å². The monoisotopic (exact) mass is 300 g/mol. The van der Waals surface area contributed by atoms with Crippen molar-refractivity contribution in [3.05, 3.63) is 40.6 Å². The number of hydrogen-bond acceptors (Lipinski definition) is 5. The van der Waals surface area contributed by atoms with E-state index in [0.29, 0.717) is 19.1 Å². The summed E-state index contributed by atoms with van der Waals surface area (Å²) in [5.74, 6) is 1.41. The highest BCUT2D eigenvalue weighted by Crippen LogP contribution is 2.25. The Kier molecular flexibility index (Phi) is 5.33. The first kappa shape index (κ1) is 16.2. The Bertz CT molecular complexity index is 632. The van der Waals surface area contributed by atoms with Crippen molar-refractivity contribution in [1.29, 1.82) is 0 Å². The van der Waals surface area contributed by atoms with Crippen LogP contribution in [0.1, 0.15) is 22.4 Å². The van der Waals surface area contributed by atoms with Crippen LogP contribution in [0.25, 0.3) is 0 Å². The second-order valence-electron chi connectivity index (χ2n) is 5.54. The summed E-state index contributed by atoms with van der Waals surface area (Å²) in [5, 5.41) is 6.58. The van der Waals surface area contributed by atoms with Gasteiger partial charge in [0.1, 0.15) is 5.82 Å². The lowest BCUT2D eigenvalue weighted by atomic mass is 10.1. The molecule has 2 rings (SSSR count). The van der Waals surface area contributed by atoms with Gasteiger partial charge in [-0.2, -0.15) is 4.98 Å². The molecule has 22 heavy (non-hydrogen) atoms. The van der Waals surface area contributed by atoms with Crippen molar-refractivity contribution in [2.75, 3.05) is 30.9 Å². The summed E-state index contributed by atoms with van der Waals surface area (Å²) < 4.78 is 5.03. The number of benzene rings is 1. The van der Waals surface area contributed by atoms with Crippen molar-refractivity contribution in [3.8, 4) is 0 Å². The van der Waals surface area contributed by atoms with Crippen LogP contribution in [0.15, 0.2) is 18.2 Å². The maximum atomic E-state index is 5.03. The van der Waals surface area contributed by atoms with E-state index in [1.807, 2.05) is 13.0 Å². The molecule has 0 unspecified atom stereocenters. The average molecular weight is 300 g/mol. The van der Waals surface area contributed by atoms with Crippen molar-refractivity contribution in [2.24, 2.45) is 0 Å². The Morgan fingerprint density at radius 1 is 1.00 bits per heavy atom. The molecule has 118 valence electrons. The standard InChI is InChI=1S/C17H24N4O/c1-11-8-12(2)16(13(3)9-11)20-15-10-14(4)19-17(21-15)18-6-7-22-5/h8-10H,6-7H2,1-5H3,(H2,18,19,20,21). The number of aromatic nitrogens is 2. The normalized spacial score (nSPS) is 10.6. The molecule has 1 heterocycles. The third kappa shape index (κ3) is 4.18. The topological polar surface area (TPSA) is 59.1 Å². The zero-order chi connectivity index (χ0) is 16.1. The van der Waals surface area contributed by atoms with Gasteiger partial charge in [0, 0.05) is 31.1 Å². The summed E-state index contributed by atoms with van der Waals surface area (Å²) in [5.41, 5.74) is 5.71. The predicted octanol–water partition coefficient (Wildman–Crippen LogP) is 3.51. The van der Waals surface area contributed by atoms with Crippen molar-refractivity contribution in [1.82, 2.24) is 9.97 Å². The molecule has 0 aliphatic heterocycles. The van der Waals surface area contributed by atoms with Gasteiger partial charge in [-0.05, 0) is 38.8 Å². The van der Waals surface area contributed by atoms with Gasteiger partial charge in [0.05, 0.1) is 6.61 Å². The summed E-state index contributed by atoms with van der Waals surface area (Å²) in [6.07, 6.45) is 0. The fourth-order valence-electron chi connectivity index (χ4n) is 2.48. The van der Waals surface area contributed by atoms with Gasteiger partial charge in [-0.1, -0.05) is 17.7 Å². The molecule has 0 saturated heterocycles. The van der Waals surface area contributed by atoms with E-state index in [1.54, 1.807) is 7.11 Å². The van der Waals surface area contributed by atoms with Crippen LogP contribution in [0.4, 0.5) is 17.5 Å². The van der Waals surface area contributed by atoms with Gasteiger partial charge < -0.3 is 15.4 Å². The summed E-state index contributed by atoms with van der Waals surface area (Å²) in [6, 6.07) is 6.28. The lowest BCUT2D eigenvalue weighted by molar-refractivity contribution is 0.210. The molecule has 0 fully saturated rings. The summed E-state index contributed by atoms with van der Waals surface area (Å²) in [6.45, 7) is 9.58. The second-order valence-corrected chi connectivity index (χ2v) is 5.54. The van der Waals surface area contributed by atoms with Crippen LogP contribution in [0.3, 0.4) is 0 Å². The lowest BCUT2D eigenvalue weighted by Crippen LogP contribution is -2.11. The number of aryl methyl sites for hydroxylation is 4. The van der Waals surface area contributed by atoms with Gasteiger partial charge in [0.15, 0.2) is 0 Å². The molecule has 5 heteroatoms. The smallest absolute Gasteiger partial charge is 0.224 e. The minimum absolute atomic E-state index is 0.613. The van der Waals surface area contributed by atoms with Crippen molar-refractivity contribution in [3.63, 3.8) is 0 Å². The highest BCUT2D eigenvalue weighted by Gasteiger charge is 2.07. The molecule has 0 spiro atoms. The summed E-state index contributed by atoms with van der Waals surface area (Å²) in [7, 11) is 1.68. The molecule has 1 aromatic carbocycles. The molecule has 0 saturated carbocycles. The Morgan fingerprint density at radius 3 is 2.32 bits per heavy atom. The predicted molar refractivity (Wildman–Crippen MR) is 91.1 cm³/mol. The number of nitrogens with zero attached hydrogens (tertiary/aromatic N) is 2. The van der Waals surface area contributed by atoms with Crippen LogP contribution in [-0.4, -0.2) is 30.2 Å². The number of hydrogen-bond donors (Lipinski definition) is 2. The van der Waals surface area contributed by atoms with Gasteiger partial charge in [0.2, 0.25) is 5.95 Å². The molecular formula is C17H24N4O. The molecule has 2 aromatic rings. The first-order chi connectivity index (χ1) is 10.5. The third-order valence-electron chi connectivity index (χ3n) is 3.37.